The number of nitrogens with zero attached hydrogens (tertiary/aromatic N) is 1. The number of hydrogen-bond acceptors (Lipinski definition) is 2. The number of likely N-dealkylation sites (N-methyl/N-ethyl adjacent to an activating group) is 1. The van der Waals surface area contributed by atoms with Crippen molar-refractivity contribution in [3.8, 4) is 0 Å². The Balaban J connectivity index is 2.29. The molecule has 0 saturated heterocycles. The van der Waals surface area contributed by atoms with Crippen LogP contribution in [-0.2, 0) is 17.1 Å². The van der Waals surface area contributed by atoms with Crippen LogP contribution in [0, 0.1) is 5.92 Å². The Labute approximate surface area is 157 Å². The van der Waals surface area contributed by atoms with Crippen molar-refractivity contribution in [2.75, 3.05) is 19.5 Å². The first kappa shape index (κ1) is 21.6. The second kappa shape index (κ2) is 7.76. The Morgan fingerprint density at radius 2 is 1.64 bits per heavy atom. The molecule has 0 radical (unpaired) electrons. The van der Waals surface area contributed by atoms with Gasteiger partial charge in [-0.1, -0.05) is 13.0 Å². The van der Waals surface area contributed by atoms with E-state index in [-0.39, 0.29) is 12.0 Å². The lowest BCUT2D eigenvalue weighted by atomic mass is 9.99. The molecule has 1 aromatic rings. The molecule has 0 aliphatic heterocycles. The van der Waals surface area contributed by atoms with Crippen LogP contribution in [0.25, 0.3) is 0 Å². The number of urea groups is 1. The van der Waals surface area contributed by atoms with Crippen LogP contribution >= 0.6 is 0 Å². The molecule has 0 fully saturated rings. The Bertz CT molecular complexity index is 779. The van der Waals surface area contributed by atoms with Crippen LogP contribution in [0.3, 0.4) is 0 Å². The summed E-state index contributed by atoms with van der Waals surface area (Å²) in [7, 11) is 2.81. The van der Waals surface area contributed by atoms with Crippen LogP contribution in [0.15, 0.2) is 41.8 Å². The number of halogens is 6. The van der Waals surface area contributed by atoms with E-state index in [2.05, 4.69) is 5.32 Å². The molecule has 154 valence electrons. The van der Waals surface area contributed by atoms with E-state index in [1.165, 1.54) is 14.2 Å². The molecule has 0 saturated carbocycles. The van der Waals surface area contributed by atoms with Gasteiger partial charge in [0.15, 0.2) is 0 Å². The highest BCUT2D eigenvalue weighted by Gasteiger charge is 2.37. The number of benzene rings is 1. The lowest BCUT2D eigenvalue weighted by molar-refractivity contribution is -0.143. The SMILES string of the molecule is COC1=CC(N(C)C(=O)Nc2cc(C(F)(F)F)cc(C(F)(F)F)c2)=CCC1C. The smallest absolute Gasteiger partial charge is 0.416 e. The van der Waals surface area contributed by atoms with Gasteiger partial charge in [0.05, 0.1) is 18.2 Å². The van der Waals surface area contributed by atoms with Gasteiger partial charge in [0.2, 0.25) is 0 Å². The highest BCUT2D eigenvalue weighted by molar-refractivity contribution is 5.91. The molecule has 10 heteroatoms. The Morgan fingerprint density at radius 1 is 1.11 bits per heavy atom. The molecule has 28 heavy (non-hydrogen) atoms. The lowest BCUT2D eigenvalue weighted by Gasteiger charge is -2.25. The van der Waals surface area contributed by atoms with Crippen molar-refractivity contribution < 1.29 is 35.9 Å². The zero-order chi connectivity index (χ0) is 21.3. The molecule has 1 aromatic carbocycles. The minimum Gasteiger partial charge on any atom is -0.501 e. The van der Waals surface area contributed by atoms with Crippen molar-refractivity contribution in [2.45, 2.75) is 25.7 Å². The van der Waals surface area contributed by atoms with Crippen molar-refractivity contribution in [1.29, 1.82) is 0 Å². The number of allylic oxidation sites excluding steroid dienone is 3. The number of rotatable bonds is 3. The number of ether oxygens (including phenoxy) is 1. The number of hydrogen-bond donors (Lipinski definition) is 1. The Kier molecular flexibility index (Phi) is 6.00. The molecular weight excluding hydrogens is 390 g/mol. The van der Waals surface area contributed by atoms with Gasteiger partial charge in [0, 0.05) is 24.4 Å². The summed E-state index contributed by atoms with van der Waals surface area (Å²) in [6, 6.07) is 0.0153. The summed E-state index contributed by atoms with van der Waals surface area (Å²) in [5.41, 5.74) is -3.21. The molecular formula is C18H18F6N2O2. The minimum absolute atomic E-state index is 0.00196. The van der Waals surface area contributed by atoms with Gasteiger partial charge in [-0.15, -0.1) is 0 Å². The summed E-state index contributed by atoms with van der Waals surface area (Å²) >= 11 is 0. The highest BCUT2D eigenvalue weighted by Crippen LogP contribution is 2.37. The summed E-state index contributed by atoms with van der Waals surface area (Å²) < 4.78 is 82.7. The zero-order valence-corrected chi connectivity index (χ0v) is 15.2. The first-order chi connectivity index (χ1) is 12.8. The van der Waals surface area contributed by atoms with E-state index in [0.717, 1.165) is 4.90 Å². The van der Waals surface area contributed by atoms with Crippen LogP contribution in [0.1, 0.15) is 24.5 Å². The number of nitrogens with one attached hydrogen (secondary N) is 1. The van der Waals surface area contributed by atoms with E-state index < -0.39 is 35.2 Å². The molecule has 0 spiro atoms. The van der Waals surface area contributed by atoms with Gasteiger partial charge >= 0.3 is 18.4 Å². The second-order valence-corrected chi connectivity index (χ2v) is 6.30. The predicted molar refractivity (Wildman–Crippen MR) is 90.2 cm³/mol. The van der Waals surface area contributed by atoms with Gasteiger partial charge < -0.3 is 10.1 Å². The van der Waals surface area contributed by atoms with Crippen molar-refractivity contribution >= 4 is 11.7 Å². The average molecular weight is 408 g/mol. The third-order valence-electron chi connectivity index (χ3n) is 4.22. The van der Waals surface area contributed by atoms with Crippen molar-refractivity contribution in [2.24, 2.45) is 5.92 Å². The molecule has 0 heterocycles. The molecule has 1 aliphatic rings. The summed E-state index contributed by atoms with van der Waals surface area (Å²) in [6.45, 7) is 1.91. The van der Waals surface area contributed by atoms with Gasteiger partial charge in [-0.2, -0.15) is 26.3 Å². The largest absolute Gasteiger partial charge is 0.501 e. The maximum absolute atomic E-state index is 12.9. The van der Waals surface area contributed by atoms with Crippen LogP contribution in [-0.4, -0.2) is 25.1 Å². The molecule has 1 N–H and O–H groups in total. The third-order valence-corrected chi connectivity index (χ3v) is 4.22. The molecule has 1 atom stereocenters. The maximum atomic E-state index is 12.9. The van der Waals surface area contributed by atoms with E-state index in [1.54, 1.807) is 12.2 Å². The Morgan fingerprint density at radius 3 is 2.11 bits per heavy atom. The lowest BCUT2D eigenvalue weighted by Crippen LogP contribution is -2.31. The fourth-order valence-corrected chi connectivity index (χ4v) is 2.61. The summed E-state index contributed by atoms with van der Waals surface area (Å²) in [4.78, 5) is 13.4. The van der Waals surface area contributed by atoms with Crippen LogP contribution < -0.4 is 5.32 Å². The highest BCUT2D eigenvalue weighted by atomic mass is 19.4. The third kappa shape index (κ3) is 4.99. The zero-order valence-electron chi connectivity index (χ0n) is 15.2. The van der Waals surface area contributed by atoms with Crippen LogP contribution in [0.2, 0.25) is 0 Å². The second-order valence-electron chi connectivity index (χ2n) is 6.30. The quantitative estimate of drug-likeness (QED) is 0.658. The monoisotopic (exact) mass is 408 g/mol. The predicted octanol–water partition coefficient (Wildman–Crippen LogP) is 5.64. The summed E-state index contributed by atoms with van der Waals surface area (Å²) in [6.07, 6.45) is -6.12. The number of methoxy groups -OCH3 is 1. The minimum atomic E-state index is -5.00. The van der Waals surface area contributed by atoms with Gasteiger partial charge in [-0.3, -0.25) is 4.90 Å². The average Bonchev–Trinajstić information content (AvgIpc) is 2.59. The van der Waals surface area contributed by atoms with Crippen molar-refractivity contribution in [1.82, 2.24) is 4.90 Å². The van der Waals surface area contributed by atoms with Gasteiger partial charge in [0.1, 0.15) is 5.76 Å². The maximum Gasteiger partial charge on any atom is 0.416 e. The van der Waals surface area contributed by atoms with E-state index in [0.29, 0.717) is 30.0 Å². The van der Waals surface area contributed by atoms with Gasteiger partial charge in [0.25, 0.3) is 0 Å². The number of carbonyl (C=O) groups is 1. The van der Waals surface area contributed by atoms with E-state index in [9.17, 15) is 31.1 Å². The van der Waals surface area contributed by atoms with Crippen LogP contribution in [0.4, 0.5) is 36.8 Å². The van der Waals surface area contributed by atoms with Gasteiger partial charge in [-0.05, 0) is 30.7 Å². The molecule has 2 amide bonds. The molecule has 2 rings (SSSR count). The summed E-state index contributed by atoms with van der Waals surface area (Å²) in [5.74, 6) is 0.693. The number of alkyl halides is 6. The van der Waals surface area contributed by atoms with E-state index in [1.807, 2.05) is 6.92 Å². The Hall–Kier alpha value is -2.65. The first-order valence-electron chi connectivity index (χ1n) is 8.13. The van der Waals surface area contributed by atoms with Crippen LogP contribution in [0.5, 0.6) is 0 Å². The number of anilines is 1. The molecule has 4 nitrogen and oxygen atoms in total. The fourth-order valence-electron chi connectivity index (χ4n) is 2.61. The number of carbonyl (C=O) groups excluding carboxylic acids is 1. The summed E-state index contributed by atoms with van der Waals surface area (Å²) in [5, 5.41) is 2.08. The van der Waals surface area contributed by atoms with Crippen molar-refractivity contribution in [3.05, 3.63) is 52.9 Å². The van der Waals surface area contributed by atoms with E-state index in [4.69, 9.17) is 4.74 Å². The molecule has 0 aromatic heterocycles. The van der Waals surface area contributed by atoms with Gasteiger partial charge in [-0.25, -0.2) is 4.79 Å². The standard InChI is InChI=1S/C18H18F6N2O2/c1-10-4-5-14(9-15(10)28-3)26(2)16(27)25-13-7-11(17(19,20)21)6-12(8-13)18(22,23)24/h5-10H,4H2,1-3H3,(H,25,27). The first-order valence-corrected chi connectivity index (χ1v) is 8.13. The van der Waals surface area contributed by atoms with E-state index >= 15 is 0 Å². The normalized spacial score (nSPS) is 17.5. The molecule has 0 bridgehead atoms. The molecule has 1 unspecified atom stereocenters. The number of amides is 2. The molecule has 1 aliphatic carbocycles. The topological polar surface area (TPSA) is 41.6 Å². The fraction of sp³-hybridized carbons (Fsp3) is 0.389. The van der Waals surface area contributed by atoms with Crippen molar-refractivity contribution in [3.63, 3.8) is 0 Å².